The van der Waals surface area contributed by atoms with Gasteiger partial charge in [0.25, 0.3) is 0 Å². The first-order chi connectivity index (χ1) is 9.33. The Hall–Kier alpha value is -2.29. The summed E-state index contributed by atoms with van der Waals surface area (Å²) in [4.78, 5) is 22.7. The number of nitrogens with two attached hydrogens (primary N) is 1. The van der Waals surface area contributed by atoms with Crippen molar-refractivity contribution in [3.8, 4) is 5.75 Å². The standard InChI is InChI=1S/C11H12F3N3O3/c12-11(13,14)20-8-4-2-1-3-7(8)17-10(19)9(18)16-6-5-15/h1-4H,5-6,15H2,(H,16,18)(H,17,19). The molecule has 0 unspecified atom stereocenters. The van der Waals surface area contributed by atoms with Gasteiger partial charge in [-0.3, -0.25) is 9.59 Å². The van der Waals surface area contributed by atoms with Crippen molar-refractivity contribution in [2.24, 2.45) is 5.73 Å². The Bertz CT molecular complexity index is 491. The van der Waals surface area contributed by atoms with E-state index in [2.05, 4.69) is 10.1 Å². The van der Waals surface area contributed by atoms with Crippen molar-refractivity contribution in [1.82, 2.24) is 5.32 Å². The second-order valence-corrected chi connectivity index (χ2v) is 3.54. The summed E-state index contributed by atoms with van der Waals surface area (Å²) < 4.78 is 40.2. The van der Waals surface area contributed by atoms with Gasteiger partial charge in [-0.05, 0) is 12.1 Å². The highest BCUT2D eigenvalue weighted by Crippen LogP contribution is 2.29. The van der Waals surface area contributed by atoms with Gasteiger partial charge in [-0.2, -0.15) is 0 Å². The van der Waals surface area contributed by atoms with Crippen LogP contribution in [0.1, 0.15) is 0 Å². The van der Waals surface area contributed by atoms with Crippen molar-refractivity contribution in [3.63, 3.8) is 0 Å². The summed E-state index contributed by atoms with van der Waals surface area (Å²) in [6, 6.07) is 4.87. The lowest BCUT2D eigenvalue weighted by Gasteiger charge is -2.13. The molecule has 9 heteroatoms. The second-order valence-electron chi connectivity index (χ2n) is 3.54. The molecule has 6 nitrogen and oxygen atoms in total. The number of benzene rings is 1. The first kappa shape index (κ1) is 15.8. The van der Waals surface area contributed by atoms with Gasteiger partial charge < -0.3 is 21.1 Å². The number of hydrogen-bond donors (Lipinski definition) is 3. The zero-order valence-electron chi connectivity index (χ0n) is 10.2. The molecule has 1 aromatic rings. The third-order valence-electron chi connectivity index (χ3n) is 2.00. The summed E-state index contributed by atoms with van der Waals surface area (Å²) in [6.07, 6.45) is -4.90. The van der Waals surface area contributed by atoms with E-state index in [1.807, 2.05) is 5.32 Å². The van der Waals surface area contributed by atoms with Crippen molar-refractivity contribution in [2.75, 3.05) is 18.4 Å². The van der Waals surface area contributed by atoms with E-state index in [0.29, 0.717) is 0 Å². The normalized spacial score (nSPS) is 10.8. The molecule has 110 valence electrons. The number of ether oxygens (including phenoxy) is 1. The fraction of sp³-hybridized carbons (Fsp3) is 0.273. The van der Waals surface area contributed by atoms with Crippen molar-refractivity contribution in [3.05, 3.63) is 24.3 Å². The van der Waals surface area contributed by atoms with Crippen molar-refractivity contribution in [1.29, 1.82) is 0 Å². The van der Waals surface area contributed by atoms with Gasteiger partial charge in [-0.25, -0.2) is 0 Å². The first-order valence-electron chi connectivity index (χ1n) is 5.47. The third-order valence-corrected chi connectivity index (χ3v) is 2.00. The largest absolute Gasteiger partial charge is 0.573 e. The molecule has 2 amide bonds. The van der Waals surface area contributed by atoms with Crippen LogP contribution in [0.15, 0.2) is 24.3 Å². The van der Waals surface area contributed by atoms with Gasteiger partial charge in [0.1, 0.15) is 0 Å². The molecular weight excluding hydrogens is 279 g/mol. The summed E-state index contributed by atoms with van der Waals surface area (Å²) in [5.41, 5.74) is 4.87. The first-order valence-corrected chi connectivity index (χ1v) is 5.47. The van der Waals surface area contributed by atoms with Crippen LogP contribution in [-0.2, 0) is 9.59 Å². The SMILES string of the molecule is NCCNC(=O)C(=O)Nc1ccccc1OC(F)(F)F. The Morgan fingerprint density at radius 3 is 2.45 bits per heavy atom. The molecule has 0 aliphatic rings. The predicted octanol–water partition coefficient (Wildman–Crippen LogP) is 0.599. The van der Waals surface area contributed by atoms with E-state index in [4.69, 9.17) is 5.73 Å². The Morgan fingerprint density at radius 2 is 1.85 bits per heavy atom. The average Bonchev–Trinajstić information content (AvgIpc) is 2.36. The summed E-state index contributed by atoms with van der Waals surface area (Å²) in [6.45, 7) is 0.208. The van der Waals surface area contributed by atoms with E-state index in [1.165, 1.54) is 18.2 Å². The van der Waals surface area contributed by atoms with E-state index in [1.54, 1.807) is 0 Å². The van der Waals surface area contributed by atoms with E-state index in [-0.39, 0.29) is 18.8 Å². The molecular formula is C11H12F3N3O3. The quantitative estimate of drug-likeness (QED) is 0.708. The number of para-hydroxylation sites is 2. The molecule has 0 radical (unpaired) electrons. The minimum Gasteiger partial charge on any atom is -0.404 e. The van der Waals surface area contributed by atoms with Gasteiger partial charge in [-0.15, -0.1) is 13.2 Å². The van der Waals surface area contributed by atoms with E-state index >= 15 is 0 Å². The van der Waals surface area contributed by atoms with Gasteiger partial charge in [0.05, 0.1) is 5.69 Å². The lowest BCUT2D eigenvalue weighted by molar-refractivity contribution is -0.274. The number of anilines is 1. The molecule has 4 N–H and O–H groups in total. The smallest absolute Gasteiger partial charge is 0.404 e. The number of carbonyl (C=O) groups is 2. The van der Waals surface area contributed by atoms with Crippen LogP contribution in [0, 0.1) is 0 Å². The molecule has 0 bridgehead atoms. The number of amides is 2. The Kier molecular flexibility index (Phi) is 5.32. The van der Waals surface area contributed by atoms with Crippen LogP contribution >= 0.6 is 0 Å². The predicted molar refractivity (Wildman–Crippen MR) is 63.8 cm³/mol. The maximum absolute atomic E-state index is 12.2. The molecule has 0 aliphatic carbocycles. The van der Waals surface area contributed by atoms with E-state index in [9.17, 15) is 22.8 Å². The minimum absolute atomic E-state index is 0.0763. The van der Waals surface area contributed by atoms with Gasteiger partial charge in [0, 0.05) is 13.1 Å². The number of nitrogens with one attached hydrogen (secondary N) is 2. The molecule has 0 saturated carbocycles. The van der Waals surface area contributed by atoms with Crippen molar-refractivity contribution >= 4 is 17.5 Å². The van der Waals surface area contributed by atoms with Crippen LogP contribution in [0.5, 0.6) is 5.75 Å². The highest BCUT2D eigenvalue weighted by molar-refractivity contribution is 6.39. The lowest BCUT2D eigenvalue weighted by Crippen LogP contribution is -2.38. The van der Waals surface area contributed by atoms with Gasteiger partial charge in [0.2, 0.25) is 0 Å². The van der Waals surface area contributed by atoms with Crippen LogP contribution < -0.4 is 21.1 Å². The minimum atomic E-state index is -4.90. The zero-order chi connectivity index (χ0) is 15.2. The van der Waals surface area contributed by atoms with Crippen LogP contribution in [-0.4, -0.2) is 31.3 Å². The van der Waals surface area contributed by atoms with Crippen LogP contribution in [0.4, 0.5) is 18.9 Å². The summed E-state index contributed by atoms with van der Waals surface area (Å²) in [5.74, 6) is -2.73. The van der Waals surface area contributed by atoms with Gasteiger partial charge in [-0.1, -0.05) is 12.1 Å². The maximum Gasteiger partial charge on any atom is 0.573 e. The van der Waals surface area contributed by atoms with Crippen LogP contribution in [0.25, 0.3) is 0 Å². The zero-order valence-corrected chi connectivity index (χ0v) is 10.2. The molecule has 1 aromatic carbocycles. The van der Waals surface area contributed by atoms with Gasteiger partial charge in [0.15, 0.2) is 5.75 Å². The summed E-state index contributed by atoms with van der Waals surface area (Å²) >= 11 is 0. The van der Waals surface area contributed by atoms with Crippen molar-refractivity contribution in [2.45, 2.75) is 6.36 Å². The molecule has 20 heavy (non-hydrogen) atoms. The summed E-state index contributed by atoms with van der Waals surface area (Å²) in [5, 5.41) is 4.21. The highest BCUT2D eigenvalue weighted by atomic mass is 19.4. The number of halogens is 3. The maximum atomic E-state index is 12.2. The Labute approximate surface area is 112 Å². The van der Waals surface area contributed by atoms with Crippen LogP contribution in [0.3, 0.4) is 0 Å². The molecule has 0 spiro atoms. The number of rotatable bonds is 4. The summed E-state index contributed by atoms with van der Waals surface area (Å²) in [7, 11) is 0. The van der Waals surface area contributed by atoms with Crippen molar-refractivity contribution < 1.29 is 27.5 Å². The average molecular weight is 291 g/mol. The fourth-order valence-electron chi connectivity index (χ4n) is 1.23. The molecule has 1 rings (SSSR count). The monoisotopic (exact) mass is 291 g/mol. The molecule has 0 aliphatic heterocycles. The van der Waals surface area contributed by atoms with Gasteiger partial charge >= 0.3 is 18.2 Å². The topological polar surface area (TPSA) is 93.5 Å². The number of alkyl halides is 3. The van der Waals surface area contributed by atoms with E-state index in [0.717, 1.165) is 6.07 Å². The lowest BCUT2D eigenvalue weighted by atomic mass is 10.3. The molecule has 0 heterocycles. The fourth-order valence-corrected chi connectivity index (χ4v) is 1.23. The highest BCUT2D eigenvalue weighted by Gasteiger charge is 2.32. The second kappa shape index (κ2) is 6.75. The third kappa shape index (κ3) is 5.14. The molecule has 0 aromatic heterocycles. The van der Waals surface area contributed by atoms with Crippen LogP contribution in [0.2, 0.25) is 0 Å². The Balaban J connectivity index is 2.77. The van der Waals surface area contributed by atoms with E-state index < -0.39 is 23.9 Å². The Morgan fingerprint density at radius 1 is 1.20 bits per heavy atom. The molecule has 0 saturated heterocycles. The number of hydrogen-bond acceptors (Lipinski definition) is 4. The number of carbonyl (C=O) groups excluding carboxylic acids is 2. The molecule has 0 atom stereocenters. The molecule has 0 fully saturated rings.